The smallest absolute Gasteiger partial charge is 0.374 e. The van der Waals surface area contributed by atoms with Crippen LogP contribution in [0.2, 0.25) is 15.1 Å². The van der Waals surface area contributed by atoms with E-state index >= 15 is 0 Å². The Morgan fingerprint density at radius 3 is 2.24 bits per heavy atom. The lowest BCUT2D eigenvalue weighted by Crippen LogP contribution is -2.46. The van der Waals surface area contributed by atoms with Crippen molar-refractivity contribution < 1.29 is 27.6 Å². The van der Waals surface area contributed by atoms with Crippen molar-refractivity contribution in [3.8, 4) is 0 Å². The van der Waals surface area contributed by atoms with Gasteiger partial charge in [0.1, 0.15) is 0 Å². The van der Waals surface area contributed by atoms with Crippen LogP contribution < -0.4 is 10.4 Å². The minimum atomic E-state index is -4.88. The number of anilines is 1. The first-order valence-electron chi connectivity index (χ1n) is 10.7. The van der Waals surface area contributed by atoms with E-state index < -0.39 is 30.0 Å². The minimum Gasteiger partial charge on any atom is -0.374 e. The first-order valence-corrected chi connectivity index (χ1v) is 11.8. The van der Waals surface area contributed by atoms with Crippen LogP contribution >= 0.6 is 34.8 Å². The van der Waals surface area contributed by atoms with Crippen molar-refractivity contribution in [1.29, 1.82) is 0 Å². The molecule has 0 bridgehead atoms. The third-order valence-electron chi connectivity index (χ3n) is 5.53. The van der Waals surface area contributed by atoms with Gasteiger partial charge in [0.25, 0.3) is 11.5 Å². The van der Waals surface area contributed by atoms with Gasteiger partial charge in [-0.2, -0.15) is 13.2 Å². The Kier molecular flexibility index (Phi) is 7.41. The average molecular weight is 571 g/mol. The van der Waals surface area contributed by atoms with Crippen molar-refractivity contribution in [2.45, 2.75) is 25.1 Å². The maximum absolute atomic E-state index is 14.4. The predicted molar refractivity (Wildman–Crippen MR) is 135 cm³/mol. The number of hydrogen-bond donors (Lipinski definition) is 1. The number of benzene rings is 3. The maximum Gasteiger partial charge on any atom is 0.435 e. The molecule has 0 saturated carbocycles. The molecule has 0 aromatic heterocycles. The highest BCUT2D eigenvalue weighted by atomic mass is 35.5. The van der Waals surface area contributed by atoms with E-state index in [2.05, 4.69) is 10.6 Å². The van der Waals surface area contributed by atoms with E-state index in [-0.39, 0.29) is 43.2 Å². The molecule has 0 fully saturated rings. The van der Waals surface area contributed by atoms with E-state index in [4.69, 9.17) is 39.6 Å². The lowest BCUT2D eigenvalue weighted by Gasteiger charge is -2.29. The molecule has 0 aliphatic carbocycles. The Labute approximate surface area is 224 Å². The van der Waals surface area contributed by atoms with Crippen LogP contribution in [-0.2, 0) is 15.2 Å². The number of carbonyl (C=O) groups excluding carboxylic acids is 2. The van der Waals surface area contributed by atoms with Crippen molar-refractivity contribution in [3.63, 3.8) is 0 Å². The lowest BCUT2D eigenvalue weighted by atomic mass is 9.86. The van der Waals surface area contributed by atoms with Gasteiger partial charge >= 0.3 is 6.18 Å². The highest BCUT2D eigenvalue weighted by Crippen LogP contribution is 2.50. The molecular weight excluding hydrogens is 554 g/mol. The first kappa shape index (κ1) is 26.8. The molecule has 1 aliphatic heterocycles. The van der Waals surface area contributed by atoms with Crippen LogP contribution in [0.1, 0.15) is 34.8 Å². The third kappa shape index (κ3) is 5.39. The molecule has 1 aliphatic rings. The Morgan fingerprint density at radius 2 is 1.65 bits per heavy atom. The van der Waals surface area contributed by atoms with Crippen molar-refractivity contribution >= 4 is 58.0 Å². The molecule has 0 saturated heterocycles. The summed E-state index contributed by atoms with van der Waals surface area (Å²) in [7, 11) is 0. The van der Waals surface area contributed by atoms with E-state index in [0.29, 0.717) is 0 Å². The molecule has 2 amide bonds. The average Bonchev–Trinajstić information content (AvgIpc) is 3.30. The molecule has 3 aromatic rings. The summed E-state index contributed by atoms with van der Waals surface area (Å²) in [4.78, 5) is 30.1. The highest BCUT2D eigenvalue weighted by molar-refractivity contribution is 6.35. The molecule has 0 radical (unpaired) electrons. The summed E-state index contributed by atoms with van der Waals surface area (Å²) < 4.78 is 43.1. The Hall–Kier alpha value is -3.27. The van der Waals surface area contributed by atoms with Crippen molar-refractivity contribution in [2.75, 3.05) is 5.01 Å². The van der Waals surface area contributed by atoms with Gasteiger partial charge in [0, 0.05) is 40.1 Å². The summed E-state index contributed by atoms with van der Waals surface area (Å²) in [5, 5.41) is 4.72. The molecule has 37 heavy (non-hydrogen) atoms. The fraction of sp³-hybridized carbons (Fsp3) is 0.160. The molecule has 1 N–H and O–H groups in total. The van der Waals surface area contributed by atoms with Gasteiger partial charge in [-0.15, -0.1) is 0 Å². The van der Waals surface area contributed by atoms with Crippen LogP contribution in [0.3, 0.4) is 0 Å². The van der Waals surface area contributed by atoms with Gasteiger partial charge in [0.05, 0.1) is 16.4 Å². The molecule has 4 rings (SSSR count). The number of amides is 2. The number of nitrogens with one attached hydrogen (secondary N) is 1. The normalized spacial score (nSPS) is 17.1. The molecule has 1 heterocycles. The van der Waals surface area contributed by atoms with Crippen LogP contribution in [0, 0.1) is 0 Å². The zero-order valence-corrected chi connectivity index (χ0v) is 21.2. The van der Waals surface area contributed by atoms with E-state index in [1.165, 1.54) is 43.3 Å². The lowest BCUT2D eigenvalue weighted by molar-refractivity contribution is -0.275. The molecule has 1 unspecified atom stereocenters. The second kappa shape index (κ2) is 10.2. The molecule has 0 spiro atoms. The van der Waals surface area contributed by atoms with Crippen LogP contribution in [-0.4, -0.2) is 23.7 Å². The second-order valence-corrected chi connectivity index (χ2v) is 9.41. The number of alkyl halides is 3. The van der Waals surface area contributed by atoms with E-state index in [1.54, 1.807) is 18.2 Å². The van der Waals surface area contributed by atoms with Gasteiger partial charge in [-0.05, 0) is 42.5 Å². The molecule has 3 aromatic carbocycles. The van der Waals surface area contributed by atoms with Crippen molar-refractivity contribution in [1.82, 2.24) is 5.43 Å². The van der Waals surface area contributed by atoms with Crippen LogP contribution in [0.4, 0.5) is 18.9 Å². The fourth-order valence-electron chi connectivity index (χ4n) is 3.80. The van der Waals surface area contributed by atoms with E-state index in [9.17, 15) is 22.8 Å². The summed E-state index contributed by atoms with van der Waals surface area (Å²) in [6.45, 7) is 1.20. The summed E-state index contributed by atoms with van der Waals surface area (Å²) in [6.07, 6.45) is -5.59. The SMILES string of the molecule is CC(=O)NN(C(=O)c1ccccc1)c1cc(C2=NOC(c3cc(Cl)cc(Cl)c3)(C(F)(F)F)C2)ccc1Cl. The number of carbonyl (C=O) groups is 2. The molecular formula is C25H17Cl3F3N3O3. The molecule has 12 heteroatoms. The van der Waals surface area contributed by atoms with Crippen LogP contribution in [0.15, 0.2) is 71.9 Å². The van der Waals surface area contributed by atoms with Gasteiger partial charge in [-0.3, -0.25) is 15.0 Å². The van der Waals surface area contributed by atoms with Gasteiger partial charge in [0.15, 0.2) is 0 Å². The number of halogens is 6. The quantitative estimate of drug-likeness (QED) is 0.346. The predicted octanol–water partition coefficient (Wildman–Crippen LogP) is 6.93. The number of nitrogens with zero attached hydrogens (tertiary/aromatic N) is 2. The zero-order valence-electron chi connectivity index (χ0n) is 18.9. The first-order chi connectivity index (χ1) is 17.4. The zero-order chi connectivity index (χ0) is 27.0. The third-order valence-corrected chi connectivity index (χ3v) is 6.28. The number of rotatable bonds is 4. The maximum atomic E-state index is 14.4. The topological polar surface area (TPSA) is 71.0 Å². The van der Waals surface area contributed by atoms with E-state index in [1.807, 2.05) is 0 Å². The van der Waals surface area contributed by atoms with Gasteiger partial charge < -0.3 is 4.84 Å². The summed E-state index contributed by atoms with van der Waals surface area (Å²) in [6, 6.07) is 15.8. The summed E-state index contributed by atoms with van der Waals surface area (Å²) in [5.74, 6) is -1.18. The standard InChI is InChI=1S/C25H17Cl3F3N3O3/c1-14(35)32-34(23(36)15-5-3-2-4-6-15)22-9-16(7-8-20(22)28)21-13-24(37-33-21,25(29,30)31)17-10-18(26)12-19(27)11-17/h2-12H,13H2,1H3,(H,32,35). The summed E-state index contributed by atoms with van der Waals surface area (Å²) >= 11 is 18.3. The molecule has 6 nitrogen and oxygen atoms in total. The number of hydrogen-bond acceptors (Lipinski definition) is 4. The van der Waals surface area contributed by atoms with E-state index in [0.717, 1.165) is 17.1 Å². The van der Waals surface area contributed by atoms with Crippen molar-refractivity contribution in [3.05, 3.63) is 98.5 Å². The largest absolute Gasteiger partial charge is 0.435 e. The second-order valence-electron chi connectivity index (χ2n) is 8.13. The number of oxime groups is 1. The minimum absolute atomic E-state index is 0.00216. The molecule has 192 valence electrons. The Morgan fingerprint density at radius 1 is 1.00 bits per heavy atom. The van der Waals surface area contributed by atoms with Crippen LogP contribution in [0.5, 0.6) is 0 Å². The fourth-order valence-corrected chi connectivity index (χ4v) is 4.52. The van der Waals surface area contributed by atoms with Gasteiger partial charge in [0.2, 0.25) is 5.91 Å². The van der Waals surface area contributed by atoms with Crippen molar-refractivity contribution in [2.24, 2.45) is 5.16 Å². The van der Waals surface area contributed by atoms with Gasteiger partial charge in [-0.25, -0.2) is 5.01 Å². The monoisotopic (exact) mass is 569 g/mol. The highest BCUT2D eigenvalue weighted by Gasteiger charge is 2.62. The summed E-state index contributed by atoms with van der Waals surface area (Å²) in [5.41, 5.74) is -0.349. The van der Waals surface area contributed by atoms with Crippen LogP contribution in [0.25, 0.3) is 0 Å². The molecule has 1 atom stereocenters. The number of hydrazine groups is 1. The Bertz CT molecular complexity index is 1380. The van der Waals surface area contributed by atoms with Gasteiger partial charge in [-0.1, -0.05) is 64.2 Å². The Balaban J connectivity index is 1.74.